The predicted molar refractivity (Wildman–Crippen MR) is 104 cm³/mol. The van der Waals surface area contributed by atoms with Crippen LogP contribution in [0.15, 0.2) is 49.9 Å². The number of carbonyl (C=O) groups excluding carboxylic acids is 2. The van der Waals surface area contributed by atoms with Crippen molar-refractivity contribution in [2.75, 3.05) is 12.4 Å². The number of aliphatic imine (C=N–C) groups is 2. The van der Waals surface area contributed by atoms with Crippen LogP contribution in [0.1, 0.15) is 16.1 Å². The highest BCUT2D eigenvalue weighted by Crippen LogP contribution is 2.20. The number of nitrogens with zero attached hydrogens (tertiary/aromatic N) is 6. The third-order valence-electron chi connectivity index (χ3n) is 4.06. The number of hydrogen-bond donors (Lipinski definition) is 1. The lowest BCUT2D eigenvalue weighted by Gasteiger charge is -2.17. The van der Waals surface area contributed by atoms with Crippen LogP contribution in [0.25, 0.3) is 0 Å². The fraction of sp³-hybridized carbons (Fsp3) is 0.176. The van der Waals surface area contributed by atoms with E-state index in [1.807, 2.05) is 0 Å². The molecule has 27 heavy (non-hydrogen) atoms. The number of hydrazone groups is 1. The van der Waals surface area contributed by atoms with E-state index in [1.165, 1.54) is 15.9 Å². The minimum absolute atomic E-state index is 0.0859. The number of aryl methyl sites for hydroxylation is 1. The Hall–Kier alpha value is -3.14. The van der Waals surface area contributed by atoms with Crippen LogP contribution in [0, 0.1) is 12.8 Å². The van der Waals surface area contributed by atoms with Gasteiger partial charge in [-0.3, -0.25) is 14.6 Å². The number of aromatic nitrogens is 2. The summed E-state index contributed by atoms with van der Waals surface area (Å²) in [6.07, 6.45) is 1.51. The summed E-state index contributed by atoms with van der Waals surface area (Å²) in [5, 5.41) is 12.7. The Morgan fingerprint density at radius 3 is 2.70 bits per heavy atom. The van der Waals surface area contributed by atoms with Crippen molar-refractivity contribution in [2.24, 2.45) is 21.0 Å². The number of fused-ring (bicyclic) bond motifs is 1. The molecule has 0 fully saturated rings. The Morgan fingerprint density at radius 2 is 1.96 bits per heavy atom. The zero-order chi connectivity index (χ0) is 19.1. The molecule has 0 spiro atoms. The van der Waals surface area contributed by atoms with Gasteiger partial charge in [-0.05, 0) is 31.2 Å². The van der Waals surface area contributed by atoms with Gasteiger partial charge in [-0.1, -0.05) is 15.9 Å². The van der Waals surface area contributed by atoms with Crippen LogP contribution in [0.2, 0.25) is 0 Å². The monoisotopic (exact) mass is 427 g/mol. The van der Waals surface area contributed by atoms with E-state index in [4.69, 9.17) is 0 Å². The molecule has 1 unspecified atom stereocenters. The van der Waals surface area contributed by atoms with E-state index >= 15 is 0 Å². The highest BCUT2D eigenvalue weighted by Gasteiger charge is 2.35. The van der Waals surface area contributed by atoms with E-state index in [0.29, 0.717) is 22.9 Å². The fourth-order valence-corrected chi connectivity index (χ4v) is 3.00. The summed E-state index contributed by atoms with van der Waals surface area (Å²) in [4.78, 5) is 33.2. The first-order valence-corrected chi connectivity index (χ1v) is 8.84. The molecule has 1 aromatic carbocycles. The standard InChI is InChI=1S/C17H14BrN7O2/c1-9-7-13(20-15(26)10-3-5-11(18)6-4-10)25(23-9)17-21-14-12(16(27)22-17)8-19-24(14)2/h3-8,12H,1-2H3,(H,20,26). The van der Waals surface area contributed by atoms with Crippen LogP contribution >= 0.6 is 15.9 Å². The van der Waals surface area contributed by atoms with Crippen LogP contribution in [-0.4, -0.2) is 51.7 Å². The highest BCUT2D eigenvalue weighted by atomic mass is 79.9. The molecule has 2 aliphatic heterocycles. The zero-order valence-electron chi connectivity index (χ0n) is 14.4. The maximum atomic E-state index is 12.5. The molecule has 0 bridgehead atoms. The van der Waals surface area contributed by atoms with E-state index < -0.39 is 5.92 Å². The van der Waals surface area contributed by atoms with Crippen LogP contribution in [0.5, 0.6) is 0 Å². The van der Waals surface area contributed by atoms with Crippen molar-refractivity contribution in [2.45, 2.75) is 6.92 Å². The van der Waals surface area contributed by atoms with Gasteiger partial charge >= 0.3 is 0 Å². The SMILES string of the molecule is Cc1cc(NC(=O)c2ccc(Br)cc2)n(C2=NC(=O)C3C=NN(C)C3=N2)n1. The Labute approximate surface area is 162 Å². The van der Waals surface area contributed by atoms with Gasteiger partial charge < -0.3 is 5.32 Å². The average molecular weight is 428 g/mol. The van der Waals surface area contributed by atoms with Gasteiger partial charge in [0, 0.05) is 29.4 Å². The van der Waals surface area contributed by atoms with Crippen molar-refractivity contribution < 1.29 is 9.59 Å². The second-order valence-corrected chi connectivity index (χ2v) is 6.95. The van der Waals surface area contributed by atoms with Gasteiger partial charge in [-0.2, -0.15) is 24.9 Å². The van der Waals surface area contributed by atoms with Gasteiger partial charge in [-0.25, -0.2) is 0 Å². The molecule has 4 rings (SSSR count). The van der Waals surface area contributed by atoms with Crippen molar-refractivity contribution >= 4 is 51.6 Å². The summed E-state index contributed by atoms with van der Waals surface area (Å²) < 4.78 is 2.22. The van der Waals surface area contributed by atoms with E-state index in [9.17, 15) is 9.59 Å². The molecule has 0 saturated heterocycles. The molecule has 0 aliphatic carbocycles. The van der Waals surface area contributed by atoms with Crippen molar-refractivity contribution in [1.82, 2.24) is 14.8 Å². The Balaban J connectivity index is 1.66. The van der Waals surface area contributed by atoms with E-state index in [2.05, 4.69) is 41.4 Å². The first-order valence-electron chi connectivity index (χ1n) is 8.05. The molecule has 0 radical (unpaired) electrons. The summed E-state index contributed by atoms with van der Waals surface area (Å²) in [5.41, 5.74) is 1.13. The molecular formula is C17H14BrN7O2. The number of benzene rings is 1. The number of rotatable bonds is 2. The maximum Gasteiger partial charge on any atom is 0.265 e. The van der Waals surface area contributed by atoms with Gasteiger partial charge in [0.15, 0.2) is 0 Å². The van der Waals surface area contributed by atoms with Gasteiger partial charge in [0.1, 0.15) is 17.6 Å². The van der Waals surface area contributed by atoms with E-state index in [0.717, 1.165) is 4.47 Å². The second kappa shape index (κ2) is 6.54. The Bertz CT molecular complexity index is 1040. The van der Waals surface area contributed by atoms with Crippen molar-refractivity contribution in [3.8, 4) is 0 Å². The number of amides is 2. The predicted octanol–water partition coefficient (Wildman–Crippen LogP) is 1.90. The summed E-state index contributed by atoms with van der Waals surface area (Å²) >= 11 is 3.34. The van der Waals surface area contributed by atoms with Crippen LogP contribution in [0.4, 0.5) is 5.82 Å². The number of hydrogen-bond acceptors (Lipinski definition) is 6. The maximum absolute atomic E-state index is 12.5. The number of halogens is 1. The summed E-state index contributed by atoms with van der Waals surface area (Å²) in [6.45, 7) is 1.78. The molecule has 1 aromatic heterocycles. The van der Waals surface area contributed by atoms with Crippen molar-refractivity contribution in [3.05, 3.63) is 46.1 Å². The molecule has 3 heterocycles. The number of carbonyl (C=O) groups is 2. The van der Waals surface area contributed by atoms with Gasteiger partial charge in [0.25, 0.3) is 17.8 Å². The Morgan fingerprint density at radius 1 is 1.22 bits per heavy atom. The van der Waals surface area contributed by atoms with E-state index in [1.54, 1.807) is 44.3 Å². The molecule has 2 aliphatic rings. The minimum atomic E-state index is -0.573. The van der Waals surface area contributed by atoms with Crippen molar-refractivity contribution in [1.29, 1.82) is 0 Å². The van der Waals surface area contributed by atoms with Crippen LogP contribution in [0.3, 0.4) is 0 Å². The lowest BCUT2D eigenvalue weighted by molar-refractivity contribution is -0.118. The van der Waals surface area contributed by atoms with Gasteiger partial charge in [0.05, 0.1) is 5.69 Å². The lowest BCUT2D eigenvalue weighted by atomic mass is 10.1. The molecule has 2 amide bonds. The highest BCUT2D eigenvalue weighted by molar-refractivity contribution is 9.10. The number of amidine groups is 1. The first kappa shape index (κ1) is 17.3. The Kier molecular flexibility index (Phi) is 4.19. The second-order valence-electron chi connectivity index (χ2n) is 6.03. The lowest BCUT2D eigenvalue weighted by Crippen LogP contribution is -2.35. The first-order chi connectivity index (χ1) is 12.9. The molecule has 0 saturated carbocycles. The molecule has 10 heteroatoms. The summed E-state index contributed by atoms with van der Waals surface area (Å²) in [7, 11) is 1.70. The average Bonchev–Trinajstić information content (AvgIpc) is 3.18. The van der Waals surface area contributed by atoms with Gasteiger partial charge in [0.2, 0.25) is 0 Å². The third-order valence-corrected chi connectivity index (χ3v) is 4.59. The van der Waals surface area contributed by atoms with Crippen LogP contribution < -0.4 is 5.32 Å². The molecule has 9 nitrogen and oxygen atoms in total. The third kappa shape index (κ3) is 3.19. The fourth-order valence-electron chi connectivity index (χ4n) is 2.73. The summed E-state index contributed by atoms with van der Waals surface area (Å²) in [6, 6.07) is 8.65. The quantitative estimate of drug-likeness (QED) is 0.789. The smallest absolute Gasteiger partial charge is 0.265 e. The van der Waals surface area contributed by atoms with Crippen molar-refractivity contribution in [3.63, 3.8) is 0 Å². The molecule has 1 N–H and O–H groups in total. The molecule has 1 atom stereocenters. The van der Waals surface area contributed by atoms with E-state index in [-0.39, 0.29) is 17.8 Å². The molecule has 136 valence electrons. The van der Waals surface area contributed by atoms with Crippen LogP contribution in [-0.2, 0) is 4.79 Å². The zero-order valence-corrected chi connectivity index (χ0v) is 16.0. The number of nitrogens with one attached hydrogen (secondary N) is 1. The molecular weight excluding hydrogens is 414 g/mol. The molecule has 2 aromatic rings. The summed E-state index contributed by atoms with van der Waals surface area (Å²) in [5.74, 6) is -0.321. The minimum Gasteiger partial charge on any atom is -0.306 e. The normalized spacial score (nSPS) is 18.3. The topological polar surface area (TPSA) is 104 Å². The van der Waals surface area contributed by atoms with Gasteiger partial charge in [-0.15, -0.1) is 0 Å². The number of anilines is 1. The largest absolute Gasteiger partial charge is 0.306 e.